The summed E-state index contributed by atoms with van der Waals surface area (Å²) in [6.07, 6.45) is 0. The van der Waals surface area contributed by atoms with Gasteiger partial charge >= 0.3 is 5.97 Å². The number of nitrogens with zero attached hydrogens (tertiary/aromatic N) is 2. The summed E-state index contributed by atoms with van der Waals surface area (Å²) < 4.78 is 31.8. The molecule has 3 rings (SSSR count). The summed E-state index contributed by atoms with van der Waals surface area (Å²) >= 11 is 0. The zero-order valence-corrected chi connectivity index (χ0v) is 16.4. The van der Waals surface area contributed by atoms with Crippen molar-refractivity contribution in [1.82, 2.24) is 9.21 Å². The standard InChI is InChI=1S/C20H24N2O4S/c1-16-3-9-19(10-4-16)27(24,25)22-13-11-21(12-14-22)15-17-5-7-18(8-6-17)20(23)26-2/h3-10H,11-15H2,1-2H3. The first-order valence-electron chi connectivity index (χ1n) is 8.86. The maximum Gasteiger partial charge on any atom is 0.337 e. The van der Waals surface area contributed by atoms with Gasteiger partial charge < -0.3 is 4.74 Å². The van der Waals surface area contributed by atoms with Crippen molar-refractivity contribution in [3.63, 3.8) is 0 Å². The van der Waals surface area contributed by atoms with Gasteiger partial charge in [0.05, 0.1) is 17.6 Å². The molecule has 2 aromatic carbocycles. The second-order valence-corrected chi connectivity index (χ2v) is 8.62. The highest BCUT2D eigenvalue weighted by Gasteiger charge is 2.28. The molecule has 1 fully saturated rings. The van der Waals surface area contributed by atoms with Crippen LogP contribution in [0.25, 0.3) is 0 Å². The highest BCUT2D eigenvalue weighted by Crippen LogP contribution is 2.19. The third kappa shape index (κ3) is 4.55. The SMILES string of the molecule is COC(=O)c1ccc(CN2CCN(S(=O)(=O)c3ccc(C)cc3)CC2)cc1. The van der Waals surface area contributed by atoms with Crippen LogP contribution in [0.2, 0.25) is 0 Å². The monoisotopic (exact) mass is 388 g/mol. The fourth-order valence-corrected chi connectivity index (χ4v) is 4.53. The molecular weight excluding hydrogens is 364 g/mol. The van der Waals surface area contributed by atoms with Crippen molar-refractivity contribution in [1.29, 1.82) is 0 Å². The molecule has 2 aromatic rings. The zero-order valence-electron chi connectivity index (χ0n) is 15.6. The highest BCUT2D eigenvalue weighted by atomic mass is 32.2. The van der Waals surface area contributed by atoms with Crippen molar-refractivity contribution < 1.29 is 17.9 Å². The average Bonchev–Trinajstić information content (AvgIpc) is 2.69. The number of carbonyl (C=O) groups is 1. The van der Waals surface area contributed by atoms with E-state index in [1.54, 1.807) is 28.6 Å². The molecule has 7 heteroatoms. The van der Waals surface area contributed by atoms with E-state index in [4.69, 9.17) is 4.74 Å². The Balaban J connectivity index is 1.58. The van der Waals surface area contributed by atoms with Crippen LogP contribution in [0.4, 0.5) is 0 Å². The molecule has 0 spiro atoms. The quantitative estimate of drug-likeness (QED) is 0.735. The van der Waals surface area contributed by atoms with E-state index in [-0.39, 0.29) is 5.97 Å². The summed E-state index contributed by atoms with van der Waals surface area (Å²) in [6.45, 7) is 4.94. The van der Waals surface area contributed by atoms with E-state index in [0.717, 1.165) is 17.7 Å². The number of sulfonamides is 1. The Morgan fingerprint density at radius 1 is 0.963 bits per heavy atom. The van der Waals surface area contributed by atoms with Crippen molar-refractivity contribution in [2.24, 2.45) is 0 Å². The Hall–Kier alpha value is -2.22. The van der Waals surface area contributed by atoms with Crippen molar-refractivity contribution in [3.8, 4) is 0 Å². The number of carbonyl (C=O) groups excluding carboxylic acids is 1. The Morgan fingerprint density at radius 2 is 1.56 bits per heavy atom. The first-order chi connectivity index (χ1) is 12.9. The van der Waals surface area contributed by atoms with Gasteiger partial charge in [-0.25, -0.2) is 13.2 Å². The van der Waals surface area contributed by atoms with Crippen LogP contribution in [0.3, 0.4) is 0 Å². The number of piperazine rings is 1. The van der Waals surface area contributed by atoms with Crippen molar-refractivity contribution in [3.05, 3.63) is 65.2 Å². The molecule has 0 aliphatic carbocycles. The van der Waals surface area contributed by atoms with Crippen molar-refractivity contribution >= 4 is 16.0 Å². The molecule has 0 N–H and O–H groups in total. The number of benzene rings is 2. The van der Waals surface area contributed by atoms with E-state index in [1.807, 2.05) is 31.2 Å². The van der Waals surface area contributed by atoms with Crippen LogP contribution in [0.5, 0.6) is 0 Å². The third-order valence-electron chi connectivity index (χ3n) is 4.77. The smallest absolute Gasteiger partial charge is 0.337 e. The minimum absolute atomic E-state index is 0.347. The van der Waals surface area contributed by atoms with Crippen LogP contribution >= 0.6 is 0 Å². The molecule has 0 atom stereocenters. The van der Waals surface area contributed by atoms with Crippen LogP contribution in [0.1, 0.15) is 21.5 Å². The number of esters is 1. The lowest BCUT2D eigenvalue weighted by atomic mass is 10.1. The highest BCUT2D eigenvalue weighted by molar-refractivity contribution is 7.89. The minimum atomic E-state index is -3.44. The van der Waals surface area contributed by atoms with Crippen LogP contribution in [-0.4, -0.2) is 56.9 Å². The fraction of sp³-hybridized carbons (Fsp3) is 0.350. The summed E-state index contributed by atoms with van der Waals surface area (Å²) in [4.78, 5) is 14.0. The van der Waals surface area contributed by atoms with Gasteiger partial charge in [0.1, 0.15) is 0 Å². The van der Waals surface area contributed by atoms with E-state index in [9.17, 15) is 13.2 Å². The second kappa shape index (κ2) is 8.21. The largest absolute Gasteiger partial charge is 0.465 e. The van der Waals surface area contributed by atoms with E-state index in [1.165, 1.54) is 7.11 Å². The third-order valence-corrected chi connectivity index (χ3v) is 6.68. The second-order valence-electron chi connectivity index (χ2n) is 6.68. The fourth-order valence-electron chi connectivity index (χ4n) is 3.11. The first kappa shape index (κ1) is 19.5. The van der Waals surface area contributed by atoms with Gasteiger partial charge in [-0.1, -0.05) is 29.8 Å². The maximum absolute atomic E-state index is 12.8. The lowest BCUT2D eigenvalue weighted by Crippen LogP contribution is -2.48. The van der Waals surface area contributed by atoms with Crippen LogP contribution in [-0.2, 0) is 21.3 Å². The van der Waals surface area contributed by atoms with Gasteiger partial charge in [0, 0.05) is 32.7 Å². The van der Waals surface area contributed by atoms with Gasteiger partial charge in [0.15, 0.2) is 0 Å². The molecule has 0 bridgehead atoms. The van der Waals surface area contributed by atoms with E-state index in [2.05, 4.69) is 4.90 Å². The molecule has 0 amide bonds. The number of ether oxygens (including phenoxy) is 1. The molecule has 0 radical (unpaired) electrons. The molecule has 6 nitrogen and oxygen atoms in total. The molecule has 144 valence electrons. The topological polar surface area (TPSA) is 66.9 Å². The number of aryl methyl sites for hydroxylation is 1. The molecule has 1 heterocycles. The molecular formula is C20H24N2O4S. The summed E-state index contributed by atoms with van der Waals surface area (Å²) in [6, 6.07) is 14.3. The number of hydrogen-bond acceptors (Lipinski definition) is 5. The number of methoxy groups -OCH3 is 1. The average molecular weight is 388 g/mol. The molecule has 0 saturated carbocycles. The Bertz CT molecular complexity index is 885. The Labute approximate surface area is 160 Å². The predicted molar refractivity (Wildman–Crippen MR) is 103 cm³/mol. The van der Waals surface area contributed by atoms with Gasteiger partial charge in [0.2, 0.25) is 10.0 Å². The molecule has 1 aliphatic rings. The summed E-state index contributed by atoms with van der Waals surface area (Å²) in [5.74, 6) is -0.350. The first-order valence-corrected chi connectivity index (χ1v) is 10.3. The summed E-state index contributed by atoms with van der Waals surface area (Å²) in [5, 5.41) is 0. The predicted octanol–water partition coefficient (Wildman–Crippen LogP) is 2.29. The molecule has 1 aliphatic heterocycles. The Morgan fingerprint density at radius 3 is 2.11 bits per heavy atom. The van der Waals surface area contributed by atoms with Gasteiger partial charge in [-0.2, -0.15) is 4.31 Å². The van der Waals surface area contributed by atoms with Gasteiger partial charge in [-0.15, -0.1) is 0 Å². The molecule has 1 saturated heterocycles. The zero-order chi connectivity index (χ0) is 19.4. The van der Waals surface area contributed by atoms with Gasteiger partial charge in [-0.3, -0.25) is 4.90 Å². The van der Waals surface area contributed by atoms with Crippen molar-refractivity contribution in [2.45, 2.75) is 18.4 Å². The molecule has 0 aromatic heterocycles. The minimum Gasteiger partial charge on any atom is -0.465 e. The Kier molecular flexibility index (Phi) is 5.94. The summed E-state index contributed by atoms with van der Waals surface area (Å²) in [5.41, 5.74) is 2.64. The van der Waals surface area contributed by atoms with E-state index >= 15 is 0 Å². The van der Waals surface area contributed by atoms with E-state index in [0.29, 0.717) is 36.6 Å². The number of hydrogen-bond donors (Lipinski definition) is 0. The lowest BCUT2D eigenvalue weighted by Gasteiger charge is -2.34. The van der Waals surface area contributed by atoms with Crippen LogP contribution < -0.4 is 0 Å². The van der Waals surface area contributed by atoms with Crippen LogP contribution in [0.15, 0.2) is 53.4 Å². The van der Waals surface area contributed by atoms with E-state index < -0.39 is 10.0 Å². The molecule has 0 unspecified atom stereocenters. The molecule has 27 heavy (non-hydrogen) atoms. The normalized spacial score (nSPS) is 16.2. The van der Waals surface area contributed by atoms with Crippen LogP contribution in [0, 0.1) is 6.92 Å². The summed E-state index contributed by atoms with van der Waals surface area (Å²) in [7, 11) is -2.08. The van der Waals surface area contributed by atoms with Gasteiger partial charge in [-0.05, 0) is 36.8 Å². The van der Waals surface area contributed by atoms with Gasteiger partial charge in [0.25, 0.3) is 0 Å². The lowest BCUT2D eigenvalue weighted by molar-refractivity contribution is 0.0600. The van der Waals surface area contributed by atoms with Crippen molar-refractivity contribution in [2.75, 3.05) is 33.3 Å². The number of rotatable bonds is 5. The maximum atomic E-state index is 12.8.